The Bertz CT molecular complexity index is 1300. The molecule has 0 amide bonds. The highest BCUT2D eigenvalue weighted by atomic mass is 32.1. The van der Waals surface area contributed by atoms with E-state index in [4.69, 9.17) is 9.72 Å². The number of thiazole rings is 1. The van der Waals surface area contributed by atoms with Gasteiger partial charge in [-0.05, 0) is 31.4 Å². The maximum Gasteiger partial charge on any atom is 0.312 e. The second kappa shape index (κ2) is 8.71. The standard InChI is InChI=1S/C23H24N4O3S2/c1-2-18-26-27-20(28)12-15(24-22(27)32-18)14-30-21(29)23(10-6-3-7-11-23)13-19-25-16-8-4-5-9-17(16)31-19/h4-5,8-9,12H,2-3,6-7,10-11,13-14H2,1H3. The Morgan fingerprint density at radius 3 is 2.72 bits per heavy atom. The fraction of sp³-hybridized carbons (Fsp3) is 0.435. The zero-order valence-corrected chi connectivity index (χ0v) is 19.5. The fourth-order valence-corrected chi connectivity index (χ4v) is 6.34. The van der Waals surface area contributed by atoms with Gasteiger partial charge in [-0.1, -0.05) is 49.7 Å². The number of aromatic nitrogens is 4. The lowest BCUT2D eigenvalue weighted by Gasteiger charge is -2.34. The van der Waals surface area contributed by atoms with Crippen LogP contribution in [-0.2, 0) is 29.0 Å². The molecule has 1 aliphatic rings. The molecular weight excluding hydrogens is 444 g/mol. The highest BCUT2D eigenvalue weighted by Gasteiger charge is 2.42. The smallest absolute Gasteiger partial charge is 0.312 e. The van der Waals surface area contributed by atoms with Gasteiger partial charge in [-0.2, -0.15) is 9.61 Å². The van der Waals surface area contributed by atoms with Crippen molar-refractivity contribution in [3.63, 3.8) is 0 Å². The number of carbonyl (C=O) groups is 1. The molecule has 3 aromatic heterocycles. The summed E-state index contributed by atoms with van der Waals surface area (Å²) in [6.45, 7) is 1.98. The van der Waals surface area contributed by atoms with Crippen LogP contribution in [0.2, 0.25) is 0 Å². The minimum atomic E-state index is -0.564. The van der Waals surface area contributed by atoms with Crippen molar-refractivity contribution in [1.29, 1.82) is 0 Å². The normalized spacial score (nSPS) is 15.9. The zero-order valence-electron chi connectivity index (χ0n) is 17.9. The van der Waals surface area contributed by atoms with Gasteiger partial charge >= 0.3 is 5.97 Å². The van der Waals surface area contributed by atoms with Crippen LogP contribution in [0.1, 0.15) is 54.7 Å². The number of para-hydroxylation sites is 1. The topological polar surface area (TPSA) is 86.5 Å². The van der Waals surface area contributed by atoms with Crippen LogP contribution >= 0.6 is 22.7 Å². The SMILES string of the molecule is CCc1nn2c(=O)cc(COC(=O)C3(Cc4nc5ccccc5s4)CCCCC3)nc2s1. The van der Waals surface area contributed by atoms with Gasteiger partial charge in [-0.3, -0.25) is 9.59 Å². The summed E-state index contributed by atoms with van der Waals surface area (Å²) in [5.74, 6) is -0.211. The molecule has 0 radical (unpaired) electrons. The third kappa shape index (κ3) is 4.06. The van der Waals surface area contributed by atoms with Gasteiger partial charge in [-0.25, -0.2) is 9.97 Å². The minimum absolute atomic E-state index is 0.00841. The van der Waals surface area contributed by atoms with E-state index in [9.17, 15) is 9.59 Å². The monoisotopic (exact) mass is 468 g/mol. The van der Waals surface area contributed by atoms with Crippen LogP contribution in [0.3, 0.4) is 0 Å². The summed E-state index contributed by atoms with van der Waals surface area (Å²) in [4.78, 5) is 35.5. The Hall–Kier alpha value is -2.65. The first kappa shape index (κ1) is 21.2. The van der Waals surface area contributed by atoms with Gasteiger partial charge in [0.05, 0.1) is 26.3 Å². The Kier molecular flexibility index (Phi) is 5.77. The molecule has 0 aliphatic heterocycles. The molecule has 1 saturated carbocycles. The first-order chi connectivity index (χ1) is 15.6. The van der Waals surface area contributed by atoms with E-state index >= 15 is 0 Å². The summed E-state index contributed by atoms with van der Waals surface area (Å²) in [6.07, 6.45) is 6.08. The second-order valence-electron chi connectivity index (χ2n) is 8.30. The average Bonchev–Trinajstić information content (AvgIpc) is 3.41. The number of aryl methyl sites for hydroxylation is 1. The molecule has 32 heavy (non-hydrogen) atoms. The third-order valence-corrected chi connectivity index (χ3v) is 8.15. The lowest BCUT2D eigenvalue weighted by molar-refractivity contribution is -0.159. The van der Waals surface area contributed by atoms with Crippen molar-refractivity contribution in [2.75, 3.05) is 0 Å². The highest BCUT2D eigenvalue weighted by Crippen LogP contribution is 2.42. The van der Waals surface area contributed by atoms with Crippen LogP contribution in [0.15, 0.2) is 35.1 Å². The van der Waals surface area contributed by atoms with Crippen molar-refractivity contribution < 1.29 is 9.53 Å². The molecule has 4 aromatic rings. The van der Waals surface area contributed by atoms with E-state index in [0.717, 1.165) is 58.8 Å². The minimum Gasteiger partial charge on any atom is -0.459 e. The number of hydrogen-bond donors (Lipinski definition) is 0. The van der Waals surface area contributed by atoms with Crippen LogP contribution in [-0.4, -0.2) is 25.6 Å². The lowest BCUT2D eigenvalue weighted by Crippen LogP contribution is -2.37. The van der Waals surface area contributed by atoms with E-state index in [1.54, 1.807) is 11.3 Å². The lowest BCUT2D eigenvalue weighted by atomic mass is 9.72. The molecule has 3 heterocycles. The molecule has 0 unspecified atom stereocenters. The number of esters is 1. The molecular formula is C23H24N4O3S2. The Labute approximate surface area is 193 Å². The predicted octanol–water partition coefficient (Wildman–Crippen LogP) is 4.56. The second-order valence-corrected chi connectivity index (χ2v) is 10.5. The van der Waals surface area contributed by atoms with Crippen LogP contribution in [0.25, 0.3) is 15.2 Å². The molecule has 0 bridgehead atoms. The number of fused-ring (bicyclic) bond motifs is 2. The molecule has 5 rings (SSSR count). The van der Waals surface area contributed by atoms with Gasteiger partial charge in [0.2, 0.25) is 4.96 Å². The van der Waals surface area contributed by atoms with Gasteiger partial charge in [0.1, 0.15) is 11.6 Å². The van der Waals surface area contributed by atoms with Crippen molar-refractivity contribution in [1.82, 2.24) is 19.6 Å². The summed E-state index contributed by atoms with van der Waals surface area (Å²) in [5, 5.41) is 6.08. The largest absolute Gasteiger partial charge is 0.459 e. The van der Waals surface area contributed by atoms with Gasteiger partial charge in [0.25, 0.3) is 5.56 Å². The number of carbonyl (C=O) groups excluding carboxylic acids is 1. The first-order valence-electron chi connectivity index (χ1n) is 11.0. The average molecular weight is 469 g/mol. The number of ether oxygens (including phenoxy) is 1. The number of nitrogens with zero attached hydrogens (tertiary/aromatic N) is 4. The van der Waals surface area contributed by atoms with E-state index in [1.807, 2.05) is 25.1 Å². The Balaban J connectivity index is 1.36. The zero-order chi connectivity index (χ0) is 22.1. The van der Waals surface area contributed by atoms with E-state index in [0.29, 0.717) is 17.1 Å². The maximum absolute atomic E-state index is 13.3. The summed E-state index contributed by atoms with van der Waals surface area (Å²) < 4.78 is 8.21. The molecule has 1 fully saturated rings. The summed E-state index contributed by atoms with van der Waals surface area (Å²) in [5.41, 5.74) is 0.616. The van der Waals surface area contributed by atoms with Gasteiger partial charge in [-0.15, -0.1) is 11.3 Å². The molecule has 0 saturated heterocycles. The van der Waals surface area contributed by atoms with E-state index in [1.165, 1.54) is 21.9 Å². The van der Waals surface area contributed by atoms with E-state index < -0.39 is 5.41 Å². The maximum atomic E-state index is 13.3. The summed E-state index contributed by atoms with van der Waals surface area (Å²) >= 11 is 3.03. The third-order valence-electron chi connectivity index (χ3n) is 6.06. The first-order valence-corrected chi connectivity index (χ1v) is 12.6. The van der Waals surface area contributed by atoms with Crippen molar-refractivity contribution in [2.45, 2.75) is 58.5 Å². The van der Waals surface area contributed by atoms with E-state index in [-0.39, 0.29) is 18.1 Å². The van der Waals surface area contributed by atoms with Crippen molar-refractivity contribution >= 4 is 43.8 Å². The van der Waals surface area contributed by atoms with Crippen LogP contribution in [0.4, 0.5) is 0 Å². The molecule has 1 aliphatic carbocycles. The predicted molar refractivity (Wildman–Crippen MR) is 125 cm³/mol. The molecule has 0 N–H and O–H groups in total. The van der Waals surface area contributed by atoms with Crippen molar-refractivity contribution in [3.8, 4) is 0 Å². The van der Waals surface area contributed by atoms with Crippen LogP contribution in [0, 0.1) is 5.41 Å². The Morgan fingerprint density at radius 2 is 1.94 bits per heavy atom. The summed E-state index contributed by atoms with van der Waals surface area (Å²) in [7, 11) is 0. The van der Waals surface area contributed by atoms with Crippen molar-refractivity contribution in [3.05, 3.63) is 56.4 Å². The number of rotatable bonds is 6. The highest BCUT2D eigenvalue weighted by molar-refractivity contribution is 7.18. The molecule has 1 aromatic carbocycles. The van der Waals surface area contributed by atoms with Crippen LogP contribution < -0.4 is 5.56 Å². The van der Waals surface area contributed by atoms with E-state index in [2.05, 4.69) is 16.1 Å². The molecule has 0 atom stereocenters. The van der Waals surface area contributed by atoms with Gasteiger partial charge in [0.15, 0.2) is 0 Å². The summed E-state index contributed by atoms with van der Waals surface area (Å²) in [6, 6.07) is 9.46. The number of benzene rings is 1. The quantitative estimate of drug-likeness (QED) is 0.386. The fourth-order valence-electron chi connectivity index (χ4n) is 4.37. The van der Waals surface area contributed by atoms with Gasteiger partial charge < -0.3 is 4.74 Å². The molecule has 0 spiro atoms. The van der Waals surface area contributed by atoms with Crippen LogP contribution in [0.5, 0.6) is 0 Å². The molecule has 166 valence electrons. The molecule has 9 heteroatoms. The van der Waals surface area contributed by atoms with Crippen molar-refractivity contribution in [2.24, 2.45) is 5.41 Å². The Morgan fingerprint density at radius 1 is 1.12 bits per heavy atom. The van der Waals surface area contributed by atoms with Gasteiger partial charge in [0, 0.05) is 12.5 Å². The molecule has 7 nitrogen and oxygen atoms in total. The number of hydrogen-bond acceptors (Lipinski definition) is 8.